The summed E-state index contributed by atoms with van der Waals surface area (Å²) in [5.41, 5.74) is 2.71. The van der Waals surface area contributed by atoms with E-state index in [4.69, 9.17) is 4.74 Å². The molecule has 0 amide bonds. The van der Waals surface area contributed by atoms with Crippen molar-refractivity contribution in [3.63, 3.8) is 0 Å². The van der Waals surface area contributed by atoms with Crippen molar-refractivity contribution < 1.29 is 4.74 Å². The lowest BCUT2D eigenvalue weighted by Gasteiger charge is -2.21. The summed E-state index contributed by atoms with van der Waals surface area (Å²) in [5.74, 6) is 2.11. The van der Waals surface area contributed by atoms with E-state index in [1.165, 1.54) is 11.1 Å². The lowest BCUT2D eigenvalue weighted by Crippen LogP contribution is -2.36. The van der Waals surface area contributed by atoms with Crippen LogP contribution in [0.3, 0.4) is 0 Å². The summed E-state index contributed by atoms with van der Waals surface area (Å²) in [4.78, 5) is 0. The highest BCUT2D eigenvalue weighted by Gasteiger charge is 2.12. The Hall–Kier alpha value is -1.02. The first-order valence-corrected chi connectivity index (χ1v) is 6.86. The zero-order valence-corrected chi connectivity index (χ0v) is 12.6. The Balaban J connectivity index is 2.66. The molecular weight excluding hydrogens is 222 g/mol. The summed E-state index contributed by atoms with van der Waals surface area (Å²) in [6.07, 6.45) is 0. The quantitative estimate of drug-likeness (QED) is 0.829. The Labute approximate surface area is 112 Å². The third-order valence-electron chi connectivity index (χ3n) is 3.47. The van der Waals surface area contributed by atoms with Crippen molar-refractivity contribution in [1.29, 1.82) is 0 Å². The van der Waals surface area contributed by atoms with Crippen LogP contribution in [0.1, 0.15) is 44.7 Å². The lowest BCUT2D eigenvalue weighted by atomic mass is 9.98. The Morgan fingerprint density at radius 2 is 1.83 bits per heavy atom. The van der Waals surface area contributed by atoms with Crippen LogP contribution in [0.5, 0.6) is 5.75 Å². The van der Waals surface area contributed by atoms with Gasteiger partial charge in [0.05, 0.1) is 0 Å². The zero-order valence-electron chi connectivity index (χ0n) is 12.6. The smallest absolute Gasteiger partial charge is 0.119 e. The standard InChI is InChI=1S/C16H27NO/c1-11(2)15-8-7-14(9-13(15)5)18-10-16(17-6)12(3)4/h7-9,11-12,16-17H,10H2,1-6H3. The molecule has 1 aromatic carbocycles. The summed E-state index contributed by atoms with van der Waals surface area (Å²) >= 11 is 0. The van der Waals surface area contributed by atoms with Crippen molar-refractivity contribution in [1.82, 2.24) is 5.32 Å². The predicted molar refractivity (Wildman–Crippen MR) is 78.4 cm³/mol. The highest BCUT2D eigenvalue weighted by Crippen LogP contribution is 2.23. The van der Waals surface area contributed by atoms with Crippen molar-refractivity contribution in [2.24, 2.45) is 5.92 Å². The highest BCUT2D eigenvalue weighted by molar-refractivity contribution is 5.36. The summed E-state index contributed by atoms with van der Waals surface area (Å²) < 4.78 is 5.87. The fourth-order valence-corrected chi connectivity index (χ4v) is 2.18. The van der Waals surface area contributed by atoms with Gasteiger partial charge in [-0.05, 0) is 49.1 Å². The minimum atomic E-state index is 0.398. The van der Waals surface area contributed by atoms with Crippen molar-refractivity contribution >= 4 is 0 Å². The fraction of sp³-hybridized carbons (Fsp3) is 0.625. The van der Waals surface area contributed by atoms with Gasteiger partial charge >= 0.3 is 0 Å². The first kappa shape index (κ1) is 15.0. The van der Waals surface area contributed by atoms with Gasteiger partial charge in [0.2, 0.25) is 0 Å². The van der Waals surface area contributed by atoms with Crippen molar-refractivity contribution in [2.75, 3.05) is 13.7 Å². The van der Waals surface area contributed by atoms with E-state index in [-0.39, 0.29) is 0 Å². The Bertz CT molecular complexity index is 371. The molecule has 0 aliphatic heterocycles. The lowest BCUT2D eigenvalue weighted by molar-refractivity contribution is 0.238. The van der Waals surface area contributed by atoms with E-state index in [2.05, 4.69) is 58.1 Å². The van der Waals surface area contributed by atoms with Crippen LogP contribution in [0, 0.1) is 12.8 Å². The van der Waals surface area contributed by atoms with Gasteiger partial charge < -0.3 is 10.1 Å². The molecule has 1 atom stereocenters. The molecule has 0 radical (unpaired) electrons. The van der Waals surface area contributed by atoms with Gasteiger partial charge in [-0.2, -0.15) is 0 Å². The van der Waals surface area contributed by atoms with E-state index in [0.717, 1.165) is 5.75 Å². The number of rotatable bonds is 6. The topological polar surface area (TPSA) is 21.3 Å². The number of hydrogen-bond acceptors (Lipinski definition) is 2. The van der Waals surface area contributed by atoms with Crippen LogP contribution in [-0.4, -0.2) is 19.7 Å². The van der Waals surface area contributed by atoms with E-state index >= 15 is 0 Å². The molecule has 0 aromatic heterocycles. The maximum atomic E-state index is 5.87. The maximum Gasteiger partial charge on any atom is 0.119 e. The molecule has 1 rings (SSSR count). The number of benzene rings is 1. The third-order valence-corrected chi connectivity index (χ3v) is 3.47. The molecule has 0 spiro atoms. The molecule has 2 heteroatoms. The van der Waals surface area contributed by atoms with Crippen LogP contribution < -0.4 is 10.1 Å². The van der Waals surface area contributed by atoms with Crippen LogP contribution in [0.2, 0.25) is 0 Å². The van der Waals surface area contributed by atoms with E-state index in [9.17, 15) is 0 Å². The maximum absolute atomic E-state index is 5.87. The molecular formula is C16H27NO. The van der Waals surface area contributed by atoms with E-state index in [0.29, 0.717) is 24.5 Å². The Kier molecular flexibility index (Phi) is 5.67. The van der Waals surface area contributed by atoms with Gasteiger partial charge in [-0.25, -0.2) is 0 Å². The van der Waals surface area contributed by atoms with Gasteiger partial charge in [-0.15, -0.1) is 0 Å². The molecule has 1 aromatic rings. The van der Waals surface area contributed by atoms with Gasteiger partial charge in [0.1, 0.15) is 12.4 Å². The number of ether oxygens (including phenoxy) is 1. The predicted octanol–water partition coefficient (Wildman–Crippen LogP) is 3.74. The highest BCUT2D eigenvalue weighted by atomic mass is 16.5. The number of aryl methyl sites for hydroxylation is 1. The van der Waals surface area contributed by atoms with Gasteiger partial charge in [0.25, 0.3) is 0 Å². The molecule has 1 N–H and O–H groups in total. The Morgan fingerprint density at radius 1 is 1.17 bits per heavy atom. The first-order valence-electron chi connectivity index (χ1n) is 6.86. The van der Waals surface area contributed by atoms with Crippen molar-refractivity contribution in [2.45, 2.75) is 46.6 Å². The van der Waals surface area contributed by atoms with Gasteiger partial charge in [-0.1, -0.05) is 33.8 Å². The van der Waals surface area contributed by atoms with Gasteiger partial charge in [-0.3, -0.25) is 0 Å². The molecule has 0 saturated carbocycles. The molecule has 2 nitrogen and oxygen atoms in total. The second kappa shape index (κ2) is 6.79. The monoisotopic (exact) mass is 249 g/mol. The zero-order chi connectivity index (χ0) is 13.7. The first-order chi connectivity index (χ1) is 8.45. The molecule has 18 heavy (non-hydrogen) atoms. The fourth-order valence-electron chi connectivity index (χ4n) is 2.18. The number of nitrogens with one attached hydrogen (secondary N) is 1. The molecule has 0 bridgehead atoms. The third kappa shape index (κ3) is 4.02. The minimum absolute atomic E-state index is 0.398. The van der Waals surface area contributed by atoms with E-state index in [1.54, 1.807) is 0 Å². The van der Waals surface area contributed by atoms with Crippen molar-refractivity contribution in [3.05, 3.63) is 29.3 Å². The number of hydrogen-bond donors (Lipinski definition) is 1. The van der Waals surface area contributed by atoms with Gasteiger partial charge in [0.15, 0.2) is 0 Å². The second-order valence-electron chi connectivity index (χ2n) is 5.62. The molecule has 0 aliphatic carbocycles. The minimum Gasteiger partial charge on any atom is -0.492 e. The summed E-state index contributed by atoms with van der Waals surface area (Å²) in [5, 5.41) is 3.29. The normalized spacial score (nSPS) is 13.1. The molecule has 0 aliphatic rings. The molecule has 0 saturated heterocycles. The second-order valence-corrected chi connectivity index (χ2v) is 5.62. The average molecular weight is 249 g/mol. The summed E-state index contributed by atoms with van der Waals surface area (Å²) in [6, 6.07) is 6.80. The van der Waals surface area contributed by atoms with Crippen LogP contribution in [0.25, 0.3) is 0 Å². The molecule has 0 heterocycles. The molecule has 0 fully saturated rings. The molecule has 102 valence electrons. The van der Waals surface area contributed by atoms with E-state index in [1.807, 2.05) is 7.05 Å². The van der Waals surface area contributed by atoms with E-state index < -0.39 is 0 Å². The SMILES string of the molecule is CNC(COc1ccc(C(C)C)c(C)c1)C(C)C. The van der Waals surface area contributed by atoms with Crippen LogP contribution in [-0.2, 0) is 0 Å². The Morgan fingerprint density at radius 3 is 2.28 bits per heavy atom. The average Bonchev–Trinajstić information content (AvgIpc) is 2.28. The largest absolute Gasteiger partial charge is 0.492 e. The van der Waals surface area contributed by atoms with Crippen LogP contribution in [0.15, 0.2) is 18.2 Å². The number of likely N-dealkylation sites (N-methyl/N-ethyl adjacent to an activating group) is 1. The summed E-state index contributed by atoms with van der Waals surface area (Å²) in [7, 11) is 1.99. The summed E-state index contributed by atoms with van der Waals surface area (Å²) in [6.45, 7) is 11.7. The van der Waals surface area contributed by atoms with Crippen molar-refractivity contribution in [3.8, 4) is 5.75 Å². The van der Waals surface area contributed by atoms with Gasteiger partial charge in [0, 0.05) is 6.04 Å². The van der Waals surface area contributed by atoms with Crippen LogP contribution >= 0.6 is 0 Å². The molecule has 1 unspecified atom stereocenters. The van der Waals surface area contributed by atoms with Crippen LogP contribution in [0.4, 0.5) is 0 Å².